The van der Waals surface area contributed by atoms with Gasteiger partial charge >= 0.3 is 5.97 Å². The number of esters is 1. The minimum absolute atomic E-state index is 0.387. The summed E-state index contributed by atoms with van der Waals surface area (Å²) < 4.78 is 11.7. The van der Waals surface area contributed by atoms with E-state index in [-0.39, 0.29) is 5.97 Å². The highest BCUT2D eigenvalue weighted by Crippen LogP contribution is 2.08. The Hall–Kier alpha value is -2.08. The van der Waals surface area contributed by atoms with Crippen LogP contribution in [0.1, 0.15) is 16.1 Å². The molecule has 0 saturated carbocycles. The molecule has 0 fully saturated rings. The number of nitrogens with zero attached hydrogens (tertiary/aromatic N) is 2. The van der Waals surface area contributed by atoms with E-state index in [2.05, 4.69) is 15.2 Å². The number of ether oxygens (including phenoxy) is 1. The molecular weight excluding hydrogens is 234 g/mol. The van der Waals surface area contributed by atoms with Gasteiger partial charge in [-0.1, -0.05) is 0 Å². The van der Waals surface area contributed by atoms with Crippen LogP contribution < -0.4 is 5.32 Å². The minimum Gasteiger partial charge on any atom is -0.467 e. The lowest BCUT2D eigenvalue weighted by Gasteiger charge is -2.02. The van der Waals surface area contributed by atoms with Crippen molar-refractivity contribution in [3.63, 3.8) is 0 Å². The van der Waals surface area contributed by atoms with Crippen molar-refractivity contribution >= 4 is 5.97 Å². The number of nitrogens with one attached hydrogen (secondary N) is 1. The molecule has 0 unspecified atom stereocenters. The van der Waals surface area contributed by atoms with Crippen molar-refractivity contribution in [2.24, 2.45) is 0 Å². The molecule has 0 bridgehead atoms. The van der Waals surface area contributed by atoms with Gasteiger partial charge in [-0.05, 0) is 12.1 Å². The van der Waals surface area contributed by atoms with Gasteiger partial charge in [0.1, 0.15) is 12.0 Å². The van der Waals surface area contributed by atoms with Crippen molar-refractivity contribution < 1.29 is 13.9 Å². The molecule has 0 amide bonds. The van der Waals surface area contributed by atoms with Crippen molar-refractivity contribution in [2.45, 2.75) is 13.1 Å². The molecule has 0 aliphatic heterocycles. The predicted octanol–water partition coefficient (Wildman–Crippen LogP) is 1.05. The van der Waals surface area contributed by atoms with Gasteiger partial charge in [0, 0.05) is 18.9 Å². The van der Waals surface area contributed by atoms with Crippen LogP contribution >= 0.6 is 0 Å². The molecule has 6 nitrogen and oxygen atoms in total. The zero-order valence-corrected chi connectivity index (χ0v) is 10.1. The quantitative estimate of drug-likeness (QED) is 0.612. The number of carbonyl (C=O) groups excluding carboxylic acids is 1. The topological polar surface area (TPSA) is 69.3 Å². The minimum atomic E-state index is -0.387. The summed E-state index contributed by atoms with van der Waals surface area (Å²) in [5.74, 6) is 0.317. The largest absolute Gasteiger partial charge is 0.467 e. The molecule has 0 aliphatic carbocycles. The first-order chi connectivity index (χ1) is 8.79. The highest BCUT2D eigenvalue weighted by atomic mass is 16.5. The molecule has 18 heavy (non-hydrogen) atoms. The van der Waals surface area contributed by atoms with Gasteiger partial charge in [0.2, 0.25) is 0 Å². The van der Waals surface area contributed by atoms with Gasteiger partial charge < -0.3 is 14.5 Å². The SMILES string of the molecule is COC(=O)c1coc(CNCCn2cccn2)c1. The molecule has 0 saturated heterocycles. The zero-order chi connectivity index (χ0) is 12.8. The number of aromatic nitrogens is 2. The zero-order valence-electron chi connectivity index (χ0n) is 10.1. The highest BCUT2D eigenvalue weighted by Gasteiger charge is 2.09. The summed E-state index contributed by atoms with van der Waals surface area (Å²) in [6, 6.07) is 3.56. The van der Waals surface area contributed by atoms with Crippen molar-refractivity contribution in [1.29, 1.82) is 0 Å². The van der Waals surface area contributed by atoms with Crippen LogP contribution in [-0.2, 0) is 17.8 Å². The van der Waals surface area contributed by atoms with E-state index >= 15 is 0 Å². The van der Waals surface area contributed by atoms with E-state index < -0.39 is 0 Å². The Morgan fingerprint density at radius 1 is 1.61 bits per heavy atom. The van der Waals surface area contributed by atoms with Crippen LogP contribution in [0.25, 0.3) is 0 Å². The number of methoxy groups -OCH3 is 1. The summed E-state index contributed by atoms with van der Waals surface area (Å²) in [6.45, 7) is 2.13. The molecule has 0 aliphatic rings. The smallest absolute Gasteiger partial charge is 0.341 e. The first-order valence-corrected chi connectivity index (χ1v) is 5.63. The van der Waals surface area contributed by atoms with Crippen molar-refractivity contribution in [2.75, 3.05) is 13.7 Å². The van der Waals surface area contributed by atoms with E-state index in [1.165, 1.54) is 13.4 Å². The van der Waals surface area contributed by atoms with E-state index in [4.69, 9.17) is 4.42 Å². The lowest BCUT2D eigenvalue weighted by molar-refractivity contribution is 0.0600. The monoisotopic (exact) mass is 249 g/mol. The van der Waals surface area contributed by atoms with Gasteiger partial charge in [-0.3, -0.25) is 4.68 Å². The molecule has 0 spiro atoms. The van der Waals surface area contributed by atoms with Crippen molar-refractivity contribution in [3.8, 4) is 0 Å². The summed E-state index contributed by atoms with van der Waals surface area (Å²) >= 11 is 0. The molecule has 0 radical (unpaired) electrons. The lowest BCUT2D eigenvalue weighted by Crippen LogP contribution is -2.19. The molecular formula is C12H15N3O3. The van der Waals surface area contributed by atoms with Crippen LogP contribution in [0.2, 0.25) is 0 Å². The maximum atomic E-state index is 11.2. The Labute approximate surface area is 105 Å². The molecule has 2 aromatic heterocycles. The molecule has 96 valence electrons. The fraction of sp³-hybridized carbons (Fsp3) is 0.333. The standard InChI is InChI=1S/C12H15N3O3/c1-17-12(16)10-7-11(18-9-10)8-13-4-6-15-5-2-3-14-15/h2-3,5,7,9,13H,4,6,8H2,1H3. The van der Waals surface area contributed by atoms with Crippen molar-refractivity contribution in [3.05, 3.63) is 42.1 Å². The molecule has 2 rings (SSSR count). The van der Waals surface area contributed by atoms with Crippen molar-refractivity contribution in [1.82, 2.24) is 15.1 Å². The van der Waals surface area contributed by atoms with Gasteiger partial charge in [0.25, 0.3) is 0 Å². The average Bonchev–Trinajstić information content (AvgIpc) is 3.05. The average molecular weight is 249 g/mol. The van der Waals surface area contributed by atoms with Gasteiger partial charge in [-0.15, -0.1) is 0 Å². The molecule has 0 aromatic carbocycles. The Bertz CT molecular complexity index is 490. The van der Waals surface area contributed by atoms with E-state index in [1.807, 2.05) is 16.9 Å². The second kappa shape index (κ2) is 6.02. The van der Waals surface area contributed by atoms with Crippen LogP contribution in [0, 0.1) is 0 Å². The van der Waals surface area contributed by atoms with Gasteiger partial charge in [-0.25, -0.2) is 4.79 Å². The summed E-state index contributed by atoms with van der Waals surface area (Å²) in [7, 11) is 1.34. The lowest BCUT2D eigenvalue weighted by atomic mass is 10.3. The normalized spacial score (nSPS) is 10.5. The fourth-order valence-corrected chi connectivity index (χ4v) is 1.54. The maximum Gasteiger partial charge on any atom is 0.341 e. The number of rotatable bonds is 6. The molecule has 0 atom stereocenters. The van der Waals surface area contributed by atoms with Crippen LogP contribution in [0.4, 0.5) is 0 Å². The molecule has 2 aromatic rings. The van der Waals surface area contributed by atoms with E-state index in [1.54, 1.807) is 12.3 Å². The summed E-state index contributed by atoms with van der Waals surface area (Å²) in [5.41, 5.74) is 0.432. The maximum absolute atomic E-state index is 11.2. The predicted molar refractivity (Wildman–Crippen MR) is 64.0 cm³/mol. The van der Waals surface area contributed by atoms with E-state index in [0.717, 1.165) is 13.1 Å². The number of hydrogen-bond acceptors (Lipinski definition) is 5. The third kappa shape index (κ3) is 3.21. The van der Waals surface area contributed by atoms with Gasteiger partial charge in [-0.2, -0.15) is 5.10 Å². The van der Waals surface area contributed by atoms with Crippen LogP contribution in [0.5, 0.6) is 0 Å². The third-order valence-corrected chi connectivity index (χ3v) is 2.45. The second-order valence-corrected chi connectivity index (χ2v) is 3.74. The Morgan fingerprint density at radius 3 is 3.22 bits per heavy atom. The molecule has 6 heteroatoms. The Kier molecular flexibility index (Phi) is 4.14. The van der Waals surface area contributed by atoms with E-state index in [0.29, 0.717) is 17.9 Å². The second-order valence-electron chi connectivity index (χ2n) is 3.74. The fourth-order valence-electron chi connectivity index (χ4n) is 1.54. The first-order valence-electron chi connectivity index (χ1n) is 5.63. The molecule has 1 N–H and O–H groups in total. The number of furan rings is 1. The molecule has 2 heterocycles. The Morgan fingerprint density at radius 2 is 2.50 bits per heavy atom. The van der Waals surface area contributed by atoms with E-state index in [9.17, 15) is 4.79 Å². The van der Waals surface area contributed by atoms with Crippen LogP contribution in [-0.4, -0.2) is 29.4 Å². The summed E-state index contributed by atoms with van der Waals surface area (Å²) in [4.78, 5) is 11.2. The Balaban J connectivity index is 1.73. The first kappa shape index (κ1) is 12.4. The highest BCUT2D eigenvalue weighted by molar-refractivity contribution is 5.88. The summed E-state index contributed by atoms with van der Waals surface area (Å²) in [5, 5.41) is 7.29. The number of carbonyl (C=O) groups is 1. The van der Waals surface area contributed by atoms with Gasteiger partial charge in [0.05, 0.1) is 25.8 Å². The summed E-state index contributed by atoms with van der Waals surface area (Å²) in [6.07, 6.45) is 5.05. The van der Waals surface area contributed by atoms with Gasteiger partial charge in [0.15, 0.2) is 0 Å². The third-order valence-electron chi connectivity index (χ3n) is 2.45. The van der Waals surface area contributed by atoms with Crippen LogP contribution in [0.3, 0.4) is 0 Å². The van der Waals surface area contributed by atoms with Crippen LogP contribution in [0.15, 0.2) is 35.2 Å². The number of hydrogen-bond donors (Lipinski definition) is 1.